The summed E-state index contributed by atoms with van der Waals surface area (Å²) in [5.74, 6) is 0.835. The molecule has 4 nitrogen and oxygen atoms in total. The van der Waals surface area contributed by atoms with Crippen molar-refractivity contribution in [2.24, 2.45) is 5.92 Å². The van der Waals surface area contributed by atoms with Gasteiger partial charge in [-0.25, -0.2) is 0 Å². The molecule has 2 atom stereocenters. The number of pyridine rings is 1. The molecule has 1 aromatic heterocycles. The van der Waals surface area contributed by atoms with Gasteiger partial charge in [-0.2, -0.15) is 0 Å². The fraction of sp³-hybridized carbons (Fsp3) is 0.706. The lowest BCUT2D eigenvalue weighted by Crippen LogP contribution is -2.37. The maximum atomic E-state index is 5.27. The lowest BCUT2D eigenvalue weighted by atomic mass is 10.1. The first-order valence-electron chi connectivity index (χ1n) is 8.10. The number of nitrogens with one attached hydrogen (secondary N) is 1. The topological polar surface area (TPSA) is 37.4 Å². The van der Waals surface area contributed by atoms with E-state index >= 15 is 0 Å². The Morgan fingerprint density at radius 1 is 1.43 bits per heavy atom. The van der Waals surface area contributed by atoms with Gasteiger partial charge in [0.05, 0.1) is 24.2 Å². The lowest BCUT2D eigenvalue weighted by Gasteiger charge is -2.31. The SMILES string of the molecule is CCC(NC)c1ccc(N(CCOC)C(C)C2CC2)cn1. The van der Waals surface area contributed by atoms with Crippen LogP contribution in [-0.4, -0.2) is 38.3 Å². The molecule has 21 heavy (non-hydrogen) atoms. The summed E-state index contributed by atoms with van der Waals surface area (Å²) in [5.41, 5.74) is 2.33. The van der Waals surface area contributed by atoms with Crippen molar-refractivity contribution in [2.75, 3.05) is 32.2 Å². The van der Waals surface area contributed by atoms with Crippen LogP contribution in [0.15, 0.2) is 18.3 Å². The predicted octanol–water partition coefficient (Wildman–Crippen LogP) is 3.00. The number of nitrogens with zero attached hydrogens (tertiary/aromatic N) is 2. The van der Waals surface area contributed by atoms with Crippen LogP contribution in [0.25, 0.3) is 0 Å². The minimum absolute atomic E-state index is 0.340. The molecule has 1 heterocycles. The summed E-state index contributed by atoms with van der Waals surface area (Å²) in [4.78, 5) is 7.11. The van der Waals surface area contributed by atoms with E-state index in [2.05, 4.69) is 41.2 Å². The van der Waals surface area contributed by atoms with Gasteiger partial charge in [0.2, 0.25) is 0 Å². The first-order valence-corrected chi connectivity index (χ1v) is 8.10. The summed E-state index contributed by atoms with van der Waals surface area (Å²) in [6, 6.07) is 5.27. The highest BCUT2D eigenvalue weighted by Gasteiger charge is 2.32. The molecule has 1 aliphatic rings. The van der Waals surface area contributed by atoms with Crippen LogP contribution >= 0.6 is 0 Å². The minimum atomic E-state index is 0.340. The molecule has 118 valence electrons. The Bertz CT molecular complexity index is 413. The van der Waals surface area contributed by atoms with Crippen LogP contribution in [0.2, 0.25) is 0 Å². The molecule has 1 aromatic rings. The number of hydrogen-bond acceptors (Lipinski definition) is 4. The standard InChI is InChI=1S/C17H29N3O/c1-5-16(18-3)17-9-8-15(12-19-17)20(10-11-21-4)13(2)14-6-7-14/h8-9,12-14,16,18H,5-7,10-11H2,1-4H3. The lowest BCUT2D eigenvalue weighted by molar-refractivity contribution is 0.202. The Labute approximate surface area is 128 Å². The molecular weight excluding hydrogens is 262 g/mol. The number of ether oxygens (including phenoxy) is 1. The number of rotatable bonds is 9. The molecular formula is C17H29N3O. The number of anilines is 1. The van der Waals surface area contributed by atoms with Gasteiger partial charge in [0.25, 0.3) is 0 Å². The van der Waals surface area contributed by atoms with Crippen LogP contribution in [0.3, 0.4) is 0 Å². The molecule has 0 saturated heterocycles. The fourth-order valence-electron chi connectivity index (χ4n) is 2.93. The fourth-order valence-corrected chi connectivity index (χ4v) is 2.93. The van der Waals surface area contributed by atoms with E-state index in [1.807, 2.05) is 13.2 Å². The molecule has 0 spiro atoms. The molecule has 0 aliphatic heterocycles. The van der Waals surface area contributed by atoms with Crippen LogP contribution in [0.1, 0.15) is 44.8 Å². The van der Waals surface area contributed by atoms with Crippen molar-refractivity contribution in [2.45, 2.75) is 45.2 Å². The Balaban J connectivity index is 2.11. The zero-order valence-electron chi connectivity index (χ0n) is 13.8. The highest BCUT2D eigenvalue weighted by Crippen LogP contribution is 2.36. The van der Waals surface area contributed by atoms with Crippen molar-refractivity contribution in [1.82, 2.24) is 10.3 Å². The molecule has 4 heteroatoms. The highest BCUT2D eigenvalue weighted by atomic mass is 16.5. The predicted molar refractivity (Wildman–Crippen MR) is 87.7 cm³/mol. The van der Waals surface area contributed by atoms with Gasteiger partial charge in [-0.15, -0.1) is 0 Å². The van der Waals surface area contributed by atoms with Crippen molar-refractivity contribution >= 4 is 5.69 Å². The largest absolute Gasteiger partial charge is 0.383 e. The normalized spacial score (nSPS) is 17.5. The van der Waals surface area contributed by atoms with Crippen molar-refractivity contribution in [3.8, 4) is 0 Å². The summed E-state index contributed by atoms with van der Waals surface area (Å²) in [5, 5.41) is 3.31. The van der Waals surface area contributed by atoms with Crippen molar-refractivity contribution < 1.29 is 4.74 Å². The number of methoxy groups -OCH3 is 1. The summed E-state index contributed by atoms with van der Waals surface area (Å²) in [6.07, 6.45) is 5.78. The van der Waals surface area contributed by atoms with Gasteiger partial charge < -0.3 is 15.0 Å². The summed E-state index contributed by atoms with van der Waals surface area (Å²) >= 11 is 0. The van der Waals surface area contributed by atoms with Crippen LogP contribution in [0, 0.1) is 5.92 Å². The van der Waals surface area contributed by atoms with E-state index < -0.39 is 0 Å². The molecule has 2 unspecified atom stereocenters. The van der Waals surface area contributed by atoms with Crippen LogP contribution < -0.4 is 10.2 Å². The molecule has 0 amide bonds. The van der Waals surface area contributed by atoms with Crippen LogP contribution in [0.5, 0.6) is 0 Å². The third kappa shape index (κ3) is 4.17. The number of hydrogen-bond donors (Lipinski definition) is 1. The van der Waals surface area contributed by atoms with Gasteiger partial charge in [-0.3, -0.25) is 4.98 Å². The van der Waals surface area contributed by atoms with Crippen molar-refractivity contribution in [3.05, 3.63) is 24.0 Å². The minimum Gasteiger partial charge on any atom is -0.383 e. The molecule has 0 bridgehead atoms. The quantitative estimate of drug-likeness (QED) is 0.759. The summed E-state index contributed by atoms with van der Waals surface area (Å²) in [6.45, 7) is 6.19. The van der Waals surface area contributed by atoms with Gasteiger partial charge in [0.1, 0.15) is 0 Å². The number of aromatic nitrogens is 1. The van der Waals surface area contributed by atoms with E-state index in [0.29, 0.717) is 12.1 Å². The first kappa shape index (κ1) is 16.2. The maximum absolute atomic E-state index is 5.27. The van der Waals surface area contributed by atoms with E-state index in [4.69, 9.17) is 4.74 Å². The second-order valence-corrected chi connectivity index (χ2v) is 5.95. The third-order valence-corrected chi connectivity index (χ3v) is 4.55. The Morgan fingerprint density at radius 2 is 2.19 bits per heavy atom. The molecule has 1 aliphatic carbocycles. The van der Waals surface area contributed by atoms with E-state index in [1.165, 1.54) is 18.5 Å². The maximum Gasteiger partial charge on any atom is 0.0637 e. The zero-order valence-corrected chi connectivity index (χ0v) is 13.8. The van der Waals surface area contributed by atoms with Gasteiger partial charge in [-0.05, 0) is 51.3 Å². The Morgan fingerprint density at radius 3 is 2.67 bits per heavy atom. The average molecular weight is 291 g/mol. The average Bonchev–Trinajstić information content (AvgIpc) is 3.35. The molecule has 1 saturated carbocycles. The van der Waals surface area contributed by atoms with E-state index in [9.17, 15) is 0 Å². The Kier molecular flexibility index (Phi) is 6.00. The molecule has 1 N–H and O–H groups in total. The molecule has 0 aromatic carbocycles. The van der Waals surface area contributed by atoms with Crippen molar-refractivity contribution in [1.29, 1.82) is 0 Å². The van der Waals surface area contributed by atoms with Gasteiger partial charge in [-0.1, -0.05) is 6.92 Å². The van der Waals surface area contributed by atoms with E-state index in [-0.39, 0.29) is 0 Å². The third-order valence-electron chi connectivity index (χ3n) is 4.55. The molecule has 1 fully saturated rings. The summed E-state index contributed by atoms with van der Waals surface area (Å²) < 4.78 is 5.27. The summed E-state index contributed by atoms with van der Waals surface area (Å²) in [7, 11) is 3.75. The second-order valence-electron chi connectivity index (χ2n) is 5.95. The zero-order chi connectivity index (χ0) is 15.2. The highest BCUT2D eigenvalue weighted by molar-refractivity contribution is 5.46. The van der Waals surface area contributed by atoms with Gasteiger partial charge >= 0.3 is 0 Å². The smallest absolute Gasteiger partial charge is 0.0637 e. The van der Waals surface area contributed by atoms with Gasteiger partial charge in [0.15, 0.2) is 0 Å². The van der Waals surface area contributed by atoms with Gasteiger partial charge in [0, 0.05) is 25.7 Å². The van der Waals surface area contributed by atoms with Crippen molar-refractivity contribution in [3.63, 3.8) is 0 Å². The second kappa shape index (κ2) is 7.76. The Hall–Kier alpha value is -1.13. The first-order chi connectivity index (χ1) is 10.2. The van der Waals surface area contributed by atoms with E-state index in [0.717, 1.165) is 31.2 Å². The monoisotopic (exact) mass is 291 g/mol. The molecule has 2 rings (SSSR count). The van der Waals surface area contributed by atoms with Crippen LogP contribution in [0.4, 0.5) is 5.69 Å². The van der Waals surface area contributed by atoms with Crippen LogP contribution in [-0.2, 0) is 4.74 Å². The molecule has 0 radical (unpaired) electrons. The van der Waals surface area contributed by atoms with E-state index in [1.54, 1.807) is 7.11 Å².